The highest BCUT2D eigenvalue weighted by Crippen LogP contribution is 2.18. The Bertz CT molecular complexity index is 590. The van der Waals surface area contributed by atoms with Crippen molar-refractivity contribution in [3.63, 3.8) is 0 Å². The fourth-order valence-corrected chi connectivity index (χ4v) is 1.80. The van der Waals surface area contributed by atoms with Gasteiger partial charge in [0.05, 0.1) is 31.2 Å². The van der Waals surface area contributed by atoms with Crippen LogP contribution >= 0.6 is 0 Å². The Morgan fingerprint density at radius 1 is 1.47 bits per heavy atom. The molecule has 0 aliphatic carbocycles. The van der Waals surface area contributed by atoms with Gasteiger partial charge in [0.2, 0.25) is 0 Å². The molecular formula is C14H17N3O2. The standard InChI is InChI=1S/C14H17N3O2/c1-10-4-5-11(14(18)19-3)6-13(10)16-8-12-7-15-9-17(12)2/h4-7,9,16H,8H2,1-3H3. The van der Waals surface area contributed by atoms with Crippen molar-refractivity contribution >= 4 is 11.7 Å². The molecule has 0 aliphatic rings. The first kappa shape index (κ1) is 13.1. The van der Waals surface area contributed by atoms with E-state index >= 15 is 0 Å². The molecule has 2 rings (SSSR count). The molecule has 0 fully saturated rings. The zero-order valence-corrected chi connectivity index (χ0v) is 11.3. The largest absolute Gasteiger partial charge is 0.465 e. The van der Waals surface area contributed by atoms with Crippen LogP contribution in [0.2, 0.25) is 0 Å². The number of carbonyl (C=O) groups is 1. The minimum Gasteiger partial charge on any atom is -0.465 e. The van der Waals surface area contributed by atoms with Gasteiger partial charge >= 0.3 is 5.97 Å². The lowest BCUT2D eigenvalue weighted by atomic mass is 10.1. The van der Waals surface area contributed by atoms with Crippen LogP contribution in [0.4, 0.5) is 5.69 Å². The maximum atomic E-state index is 11.5. The van der Waals surface area contributed by atoms with E-state index in [1.165, 1.54) is 7.11 Å². The van der Waals surface area contributed by atoms with Crippen molar-refractivity contribution in [1.29, 1.82) is 0 Å². The highest BCUT2D eigenvalue weighted by Gasteiger charge is 2.08. The van der Waals surface area contributed by atoms with Crippen LogP contribution in [0.25, 0.3) is 0 Å². The first-order valence-corrected chi connectivity index (χ1v) is 6.00. The van der Waals surface area contributed by atoms with E-state index < -0.39 is 0 Å². The van der Waals surface area contributed by atoms with Gasteiger partial charge in [-0.25, -0.2) is 9.78 Å². The van der Waals surface area contributed by atoms with Gasteiger partial charge in [-0.1, -0.05) is 6.07 Å². The first-order chi connectivity index (χ1) is 9.11. The predicted octanol–water partition coefficient (Wildman–Crippen LogP) is 2.13. The zero-order valence-electron chi connectivity index (χ0n) is 11.3. The summed E-state index contributed by atoms with van der Waals surface area (Å²) in [5.74, 6) is -0.330. The number of esters is 1. The molecule has 0 bridgehead atoms. The molecule has 1 N–H and O–H groups in total. The Labute approximate surface area is 112 Å². The monoisotopic (exact) mass is 259 g/mol. The number of aryl methyl sites for hydroxylation is 2. The maximum absolute atomic E-state index is 11.5. The van der Waals surface area contributed by atoms with Crippen LogP contribution in [0.5, 0.6) is 0 Å². The van der Waals surface area contributed by atoms with Gasteiger partial charge in [0, 0.05) is 18.9 Å². The Hall–Kier alpha value is -2.30. The van der Waals surface area contributed by atoms with E-state index in [0.29, 0.717) is 12.1 Å². The molecular weight excluding hydrogens is 242 g/mol. The van der Waals surface area contributed by atoms with Gasteiger partial charge in [-0.05, 0) is 24.6 Å². The van der Waals surface area contributed by atoms with Crippen molar-refractivity contribution in [3.8, 4) is 0 Å². The highest BCUT2D eigenvalue weighted by atomic mass is 16.5. The lowest BCUT2D eigenvalue weighted by Gasteiger charge is -2.11. The molecule has 0 atom stereocenters. The summed E-state index contributed by atoms with van der Waals surface area (Å²) < 4.78 is 6.67. The average Bonchev–Trinajstić information content (AvgIpc) is 2.82. The molecule has 1 aromatic heterocycles. The number of hydrogen-bond donors (Lipinski definition) is 1. The van der Waals surface area contributed by atoms with E-state index in [1.807, 2.05) is 30.8 Å². The molecule has 0 spiro atoms. The predicted molar refractivity (Wildman–Crippen MR) is 73.1 cm³/mol. The normalized spacial score (nSPS) is 10.3. The molecule has 2 aromatic rings. The average molecular weight is 259 g/mol. The lowest BCUT2D eigenvalue weighted by molar-refractivity contribution is 0.0601. The van der Waals surface area contributed by atoms with Crippen LogP contribution in [-0.4, -0.2) is 22.6 Å². The van der Waals surface area contributed by atoms with E-state index in [-0.39, 0.29) is 5.97 Å². The summed E-state index contributed by atoms with van der Waals surface area (Å²) in [5, 5.41) is 3.31. The van der Waals surface area contributed by atoms with Gasteiger partial charge in [-0.2, -0.15) is 0 Å². The van der Waals surface area contributed by atoms with Crippen molar-refractivity contribution in [2.75, 3.05) is 12.4 Å². The van der Waals surface area contributed by atoms with E-state index in [2.05, 4.69) is 10.3 Å². The third-order valence-corrected chi connectivity index (χ3v) is 3.04. The number of hydrogen-bond acceptors (Lipinski definition) is 4. The molecule has 1 aromatic carbocycles. The van der Waals surface area contributed by atoms with Crippen LogP contribution in [0, 0.1) is 6.92 Å². The van der Waals surface area contributed by atoms with Crippen molar-refractivity contribution in [3.05, 3.63) is 47.5 Å². The number of benzene rings is 1. The number of ether oxygens (including phenoxy) is 1. The summed E-state index contributed by atoms with van der Waals surface area (Å²) in [5.41, 5.74) is 3.61. The Balaban J connectivity index is 2.15. The number of imidazole rings is 1. The Kier molecular flexibility index (Phi) is 3.85. The molecule has 19 heavy (non-hydrogen) atoms. The molecule has 0 aliphatic heterocycles. The third kappa shape index (κ3) is 2.93. The topological polar surface area (TPSA) is 56.1 Å². The second kappa shape index (κ2) is 5.56. The smallest absolute Gasteiger partial charge is 0.337 e. The summed E-state index contributed by atoms with van der Waals surface area (Å²) in [6, 6.07) is 5.46. The second-order valence-corrected chi connectivity index (χ2v) is 4.37. The van der Waals surface area contributed by atoms with Gasteiger partial charge in [-0.15, -0.1) is 0 Å². The van der Waals surface area contributed by atoms with Crippen LogP contribution in [0.15, 0.2) is 30.7 Å². The van der Waals surface area contributed by atoms with E-state index in [0.717, 1.165) is 16.9 Å². The molecule has 0 unspecified atom stereocenters. The second-order valence-electron chi connectivity index (χ2n) is 4.37. The van der Waals surface area contributed by atoms with Gasteiger partial charge in [-0.3, -0.25) is 0 Å². The number of aromatic nitrogens is 2. The summed E-state index contributed by atoms with van der Waals surface area (Å²) in [6.07, 6.45) is 3.57. The van der Waals surface area contributed by atoms with E-state index in [4.69, 9.17) is 4.74 Å². The minimum absolute atomic E-state index is 0.330. The number of methoxy groups -OCH3 is 1. The van der Waals surface area contributed by atoms with Crippen molar-refractivity contribution in [2.45, 2.75) is 13.5 Å². The van der Waals surface area contributed by atoms with Crippen molar-refractivity contribution < 1.29 is 9.53 Å². The van der Waals surface area contributed by atoms with Crippen LogP contribution in [0.1, 0.15) is 21.6 Å². The van der Waals surface area contributed by atoms with Crippen molar-refractivity contribution in [2.24, 2.45) is 7.05 Å². The molecule has 0 amide bonds. The van der Waals surface area contributed by atoms with E-state index in [1.54, 1.807) is 18.5 Å². The molecule has 0 radical (unpaired) electrons. The number of nitrogens with one attached hydrogen (secondary N) is 1. The number of carbonyl (C=O) groups excluding carboxylic acids is 1. The lowest BCUT2D eigenvalue weighted by Crippen LogP contribution is -2.07. The fraction of sp³-hybridized carbons (Fsp3) is 0.286. The quantitative estimate of drug-likeness (QED) is 0.855. The van der Waals surface area contributed by atoms with Gasteiger partial charge in [0.1, 0.15) is 0 Å². The molecule has 1 heterocycles. The Morgan fingerprint density at radius 3 is 2.89 bits per heavy atom. The molecule has 5 nitrogen and oxygen atoms in total. The van der Waals surface area contributed by atoms with Gasteiger partial charge < -0.3 is 14.6 Å². The summed E-state index contributed by atoms with van der Waals surface area (Å²) in [7, 11) is 3.33. The fourth-order valence-electron chi connectivity index (χ4n) is 1.80. The zero-order chi connectivity index (χ0) is 13.8. The highest BCUT2D eigenvalue weighted by molar-refractivity contribution is 5.90. The minimum atomic E-state index is -0.330. The maximum Gasteiger partial charge on any atom is 0.337 e. The molecule has 0 saturated heterocycles. The number of nitrogens with zero attached hydrogens (tertiary/aromatic N) is 2. The Morgan fingerprint density at radius 2 is 2.26 bits per heavy atom. The SMILES string of the molecule is COC(=O)c1ccc(C)c(NCc2cncn2C)c1. The summed E-state index contributed by atoms with van der Waals surface area (Å²) in [6.45, 7) is 2.65. The van der Waals surface area contributed by atoms with Gasteiger partial charge in [0.25, 0.3) is 0 Å². The van der Waals surface area contributed by atoms with Gasteiger partial charge in [0.15, 0.2) is 0 Å². The summed E-state index contributed by atoms with van der Waals surface area (Å²) in [4.78, 5) is 15.6. The number of rotatable bonds is 4. The molecule has 100 valence electrons. The third-order valence-electron chi connectivity index (χ3n) is 3.04. The molecule has 5 heteroatoms. The van der Waals surface area contributed by atoms with Crippen LogP contribution in [-0.2, 0) is 18.3 Å². The number of anilines is 1. The molecule has 0 saturated carbocycles. The summed E-state index contributed by atoms with van der Waals surface area (Å²) >= 11 is 0. The van der Waals surface area contributed by atoms with Crippen LogP contribution in [0.3, 0.4) is 0 Å². The van der Waals surface area contributed by atoms with E-state index in [9.17, 15) is 4.79 Å². The van der Waals surface area contributed by atoms with Crippen LogP contribution < -0.4 is 5.32 Å². The van der Waals surface area contributed by atoms with Crippen molar-refractivity contribution in [1.82, 2.24) is 9.55 Å². The first-order valence-electron chi connectivity index (χ1n) is 6.00.